The molecule has 3 aromatic rings. The summed E-state index contributed by atoms with van der Waals surface area (Å²) in [6.45, 7) is 1.16. The summed E-state index contributed by atoms with van der Waals surface area (Å²) >= 11 is 5.95. The SMILES string of the molecule is O=C(NCc1ccccc1)[C@@H]1COC2(CCN(C(=O)c3ccc(Cl)cc3)CC2)N1C(=O)c1ccco1. The Labute approximate surface area is 213 Å². The second-order valence-electron chi connectivity index (χ2n) is 8.93. The first-order valence-corrected chi connectivity index (χ1v) is 12.2. The van der Waals surface area contributed by atoms with Crippen molar-refractivity contribution in [2.75, 3.05) is 19.7 Å². The van der Waals surface area contributed by atoms with E-state index in [2.05, 4.69) is 5.32 Å². The largest absolute Gasteiger partial charge is 0.459 e. The van der Waals surface area contributed by atoms with Crippen LogP contribution in [0.2, 0.25) is 5.02 Å². The summed E-state index contributed by atoms with van der Waals surface area (Å²) in [5.41, 5.74) is 0.497. The molecule has 2 aliphatic heterocycles. The average molecular weight is 508 g/mol. The molecule has 1 spiro atoms. The molecule has 3 amide bonds. The number of ether oxygens (including phenoxy) is 1. The third kappa shape index (κ3) is 4.74. The Kier molecular flexibility index (Phi) is 6.80. The van der Waals surface area contributed by atoms with Crippen LogP contribution in [0.3, 0.4) is 0 Å². The fourth-order valence-corrected chi connectivity index (χ4v) is 4.95. The van der Waals surface area contributed by atoms with E-state index < -0.39 is 17.7 Å². The van der Waals surface area contributed by atoms with Gasteiger partial charge in [0.15, 0.2) is 5.76 Å². The van der Waals surface area contributed by atoms with E-state index in [0.29, 0.717) is 43.1 Å². The molecule has 0 saturated carbocycles. The third-order valence-corrected chi connectivity index (χ3v) is 7.00. The second kappa shape index (κ2) is 10.2. The molecule has 5 rings (SSSR count). The molecular formula is C27H26ClN3O5. The quantitative estimate of drug-likeness (QED) is 0.568. The van der Waals surface area contributed by atoms with Crippen LogP contribution >= 0.6 is 11.6 Å². The maximum absolute atomic E-state index is 13.5. The molecule has 2 saturated heterocycles. The summed E-state index contributed by atoms with van der Waals surface area (Å²) in [4.78, 5) is 43.0. The van der Waals surface area contributed by atoms with Crippen molar-refractivity contribution in [1.82, 2.24) is 15.1 Å². The molecule has 0 bridgehead atoms. The molecule has 8 nitrogen and oxygen atoms in total. The van der Waals surface area contributed by atoms with Gasteiger partial charge in [-0.1, -0.05) is 41.9 Å². The lowest BCUT2D eigenvalue weighted by atomic mass is 9.96. The van der Waals surface area contributed by atoms with Crippen LogP contribution in [0.15, 0.2) is 77.4 Å². The number of carbonyl (C=O) groups excluding carboxylic acids is 3. The van der Waals surface area contributed by atoms with Gasteiger partial charge in [0.25, 0.3) is 11.8 Å². The monoisotopic (exact) mass is 507 g/mol. The minimum Gasteiger partial charge on any atom is -0.459 e. The van der Waals surface area contributed by atoms with Crippen LogP contribution < -0.4 is 5.32 Å². The van der Waals surface area contributed by atoms with E-state index in [-0.39, 0.29) is 24.2 Å². The minimum absolute atomic E-state index is 0.0677. The van der Waals surface area contributed by atoms with E-state index >= 15 is 0 Å². The zero-order valence-corrected chi connectivity index (χ0v) is 20.3. The van der Waals surface area contributed by atoms with Gasteiger partial charge in [-0.2, -0.15) is 0 Å². The molecule has 2 fully saturated rings. The maximum Gasteiger partial charge on any atom is 0.292 e. The molecule has 1 aromatic heterocycles. The Morgan fingerprint density at radius 3 is 2.33 bits per heavy atom. The Balaban J connectivity index is 1.33. The highest BCUT2D eigenvalue weighted by Crippen LogP contribution is 2.39. The topological polar surface area (TPSA) is 92.1 Å². The van der Waals surface area contributed by atoms with Crippen LogP contribution in [-0.4, -0.2) is 59.0 Å². The van der Waals surface area contributed by atoms with E-state index in [1.165, 1.54) is 11.2 Å². The number of nitrogens with one attached hydrogen (secondary N) is 1. The predicted molar refractivity (Wildman–Crippen MR) is 132 cm³/mol. The standard InChI is InChI=1S/C27H26ClN3O5/c28-21-10-8-20(9-11-21)25(33)30-14-12-27(13-15-30)31(26(34)23-7-4-16-35-23)22(18-36-27)24(32)29-17-19-5-2-1-3-6-19/h1-11,16,22H,12-15,17-18H2,(H,29,32)/t22-/m0/s1. The molecular weight excluding hydrogens is 482 g/mol. The number of rotatable bonds is 5. The van der Waals surface area contributed by atoms with E-state index in [1.807, 2.05) is 30.3 Å². The van der Waals surface area contributed by atoms with Crippen molar-refractivity contribution >= 4 is 29.3 Å². The summed E-state index contributed by atoms with van der Waals surface area (Å²) in [5, 5.41) is 3.49. The smallest absolute Gasteiger partial charge is 0.292 e. The first-order valence-electron chi connectivity index (χ1n) is 11.8. The number of furan rings is 1. The fourth-order valence-electron chi connectivity index (χ4n) is 4.82. The minimum atomic E-state index is -1.00. The molecule has 0 radical (unpaired) electrons. The zero-order valence-electron chi connectivity index (χ0n) is 19.6. The van der Waals surface area contributed by atoms with Gasteiger partial charge < -0.3 is 19.4 Å². The van der Waals surface area contributed by atoms with Crippen LogP contribution in [0.4, 0.5) is 0 Å². The van der Waals surface area contributed by atoms with Gasteiger partial charge >= 0.3 is 0 Å². The Morgan fingerprint density at radius 1 is 0.944 bits per heavy atom. The lowest BCUT2D eigenvalue weighted by molar-refractivity contribution is -0.128. The first-order chi connectivity index (χ1) is 17.5. The highest BCUT2D eigenvalue weighted by molar-refractivity contribution is 6.30. The second-order valence-corrected chi connectivity index (χ2v) is 9.36. The number of amides is 3. The van der Waals surface area contributed by atoms with Crippen molar-refractivity contribution in [1.29, 1.82) is 0 Å². The molecule has 36 heavy (non-hydrogen) atoms. The van der Waals surface area contributed by atoms with Crippen LogP contribution in [0.25, 0.3) is 0 Å². The number of piperidine rings is 1. The molecule has 1 atom stereocenters. The summed E-state index contributed by atoms with van der Waals surface area (Å²) in [6.07, 6.45) is 2.18. The van der Waals surface area contributed by atoms with Gasteiger partial charge in [-0.3, -0.25) is 19.3 Å². The number of likely N-dealkylation sites (tertiary alicyclic amines) is 1. The third-order valence-electron chi connectivity index (χ3n) is 6.75. The summed E-state index contributed by atoms with van der Waals surface area (Å²) in [5.74, 6) is -0.675. The Morgan fingerprint density at radius 2 is 1.67 bits per heavy atom. The lowest BCUT2D eigenvalue weighted by Gasteiger charge is -2.44. The summed E-state index contributed by atoms with van der Waals surface area (Å²) in [6, 6.07) is 18.7. The Bertz CT molecular complexity index is 1220. The lowest BCUT2D eigenvalue weighted by Crippen LogP contribution is -2.59. The molecule has 3 heterocycles. The van der Waals surface area contributed by atoms with Crippen molar-refractivity contribution in [2.24, 2.45) is 0 Å². The van der Waals surface area contributed by atoms with Crippen LogP contribution in [-0.2, 0) is 16.1 Å². The van der Waals surface area contributed by atoms with Gasteiger partial charge in [0.1, 0.15) is 11.8 Å². The average Bonchev–Trinajstić information content (AvgIpc) is 3.57. The predicted octanol–water partition coefficient (Wildman–Crippen LogP) is 3.72. The van der Waals surface area contributed by atoms with Crippen LogP contribution in [0.5, 0.6) is 0 Å². The van der Waals surface area contributed by atoms with E-state index in [9.17, 15) is 14.4 Å². The summed E-state index contributed by atoms with van der Waals surface area (Å²) in [7, 11) is 0. The number of nitrogens with zero attached hydrogens (tertiary/aromatic N) is 2. The van der Waals surface area contributed by atoms with Crippen molar-refractivity contribution < 1.29 is 23.5 Å². The number of hydrogen-bond acceptors (Lipinski definition) is 5. The number of halogens is 1. The molecule has 1 N–H and O–H groups in total. The molecule has 2 aliphatic rings. The van der Waals surface area contributed by atoms with Crippen LogP contribution in [0.1, 0.15) is 39.3 Å². The van der Waals surface area contributed by atoms with Crippen molar-refractivity contribution in [2.45, 2.75) is 31.2 Å². The molecule has 2 aromatic carbocycles. The molecule has 9 heteroatoms. The number of carbonyl (C=O) groups is 3. The van der Waals surface area contributed by atoms with E-state index in [4.69, 9.17) is 20.8 Å². The van der Waals surface area contributed by atoms with Gasteiger partial charge in [0.2, 0.25) is 5.91 Å². The zero-order chi connectivity index (χ0) is 25.1. The van der Waals surface area contributed by atoms with E-state index in [1.54, 1.807) is 41.3 Å². The van der Waals surface area contributed by atoms with Gasteiger partial charge in [-0.15, -0.1) is 0 Å². The molecule has 0 aliphatic carbocycles. The highest BCUT2D eigenvalue weighted by atomic mass is 35.5. The molecule has 0 unspecified atom stereocenters. The number of hydrogen-bond donors (Lipinski definition) is 1. The van der Waals surface area contributed by atoms with Gasteiger partial charge in [-0.25, -0.2) is 0 Å². The van der Waals surface area contributed by atoms with Crippen molar-refractivity contribution in [3.05, 3.63) is 94.9 Å². The van der Waals surface area contributed by atoms with Crippen molar-refractivity contribution in [3.8, 4) is 0 Å². The van der Waals surface area contributed by atoms with Gasteiger partial charge in [0.05, 0.1) is 12.9 Å². The highest BCUT2D eigenvalue weighted by Gasteiger charge is 2.54. The fraction of sp³-hybridized carbons (Fsp3) is 0.296. The number of benzene rings is 2. The van der Waals surface area contributed by atoms with Crippen LogP contribution in [0, 0.1) is 0 Å². The normalized spacial score (nSPS) is 18.9. The maximum atomic E-state index is 13.5. The van der Waals surface area contributed by atoms with E-state index in [0.717, 1.165) is 5.56 Å². The Hall–Kier alpha value is -3.62. The summed E-state index contributed by atoms with van der Waals surface area (Å²) < 4.78 is 11.6. The first kappa shape index (κ1) is 24.1. The van der Waals surface area contributed by atoms with Crippen molar-refractivity contribution in [3.63, 3.8) is 0 Å². The van der Waals surface area contributed by atoms with Gasteiger partial charge in [0, 0.05) is 43.1 Å². The molecule has 186 valence electrons. The van der Waals surface area contributed by atoms with Gasteiger partial charge in [-0.05, 0) is 42.0 Å².